The van der Waals surface area contributed by atoms with Gasteiger partial charge in [-0.1, -0.05) is 23.8 Å². The molecule has 0 radical (unpaired) electrons. The highest BCUT2D eigenvalue weighted by Crippen LogP contribution is 2.23. The van der Waals surface area contributed by atoms with Crippen LogP contribution in [0.25, 0.3) is 6.08 Å². The predicted molar refractivity (Wildman–Crippen MR) is 62.4 cm³/mol. The molecule has 0 aliphatic carbocycles. The van der Waals surface area contributed by atoms with Gasteiger partial charge in [0, 0.05) is 10.9 Å². The van der Waals surface area contributed by atoms with Gasteiger partial charge in [-0.05, 0) is 30.2 Å². The summed E-state index contributed by atoms with van der Waals surface area (Å²) in [6.07, 6.45) is 4.79. The van der Waals surface area contributed by atoms with Gasteiger partial charge in [-0.2, -0.15) is 0 Å². The van der Waals surface area contributed by atoms with Gasteiger partial charge in [0.2, 0.25) is 0 Å². The Morgan fingerprint density at radius 1 is 1.43 bits per heavy atom. The molecule has 76 valence electrons. The van der Waals surface area contributed by atoms with Crippen molar-refractivity contribution < 1.29 is 4.74 Å². The first kappa shape index (κ1) is 11.4. The molecule has 0 aromatic heterocycles. The van der Waals surface area contributed by atoms with E-state index in [1.54, 1.807) is 7.11 Å². The molecule has 0 spiro atoms. The number of ether oxygens (including phenoxy) is 1. The van der Waals surface area contributed by atoms with Gasteiger partial charge >= 0.3 is 0 Å². The summed E-state index contributed by atoms with van der Waals surface area (Å²) in [6, 6.07) is 5.55. The summed E-state index contributed by atoms with van der Waals surface area (Å²) in [4.78, 5) is 0. The Bertz CT molecular complexity index is 321. The molecule has 3 heteroatoms. The van der Waals surface area contributed by atoms with Crippen molar-refractivity contribution in [1.29, 1.82) is 0 Å². The molecule has 0 unspecified atom stereocenters. The first-order valence-corrected chi connectivity index (χ1v) is 5.25. The number of methoxy groups -OCH3 is 1. The smallest absolute Gasteiger partial charge is 0.119 e. The molecular weight excluding hydrogens is 219 g/mol. The fourth-order valence-corrected chi connectivity index (χ4v) is 1.36. The molecule has 1 nitrogen and oxygen atoms in total. The summed E-state index contributed by atoms with van der Waals surface area (Å²) in [5, 5.41) is 0.719. The maximum absolute atomic E-state index is 5.99. The third-order valence-electron chi connectivity index (χ3n) is 1.78. The molecule has 0 amide bonds. The van der Waals surface area contributed by atoms with Crippen molar-refractivity contribution in [2.24, 2.45) is 0 Å². The first-order chi connectivity index (χ1) is 6.77. The van der Waals surface area contributed by atoms with Crippen LogP contribution in [0.15, 0.2) is 24.3 Å². The molecular formula is C11H12Cl2O. The Morgan fingerprint density at radius 3 is 2.86 bits per heavy atom. The predicted octanol–water partition coefficient (Wildman–Crippen LogP) is 3.99. The highest BCUT2D eigenvalue weighted by atomic mass is 35.5. The van der Waals surface area contributed by atoms with Gasteiger partial charge in [0.1, 0.15) is 5.75 Å². The number of rotatable bonds is 4. The highest BCUT2D eigenvalue weighted by molar-refractivity contribution is 6.32. The minimum absolute atomic E-state index is 0.623. The molecule has 0 bridgehead atoms. The lowest BCUT2D eigenvalue weighted by Gasteiger charge is -2.02. The van der Waals surface area contributed by atoms with Crippen LogP contribution in [0, 0.1) is 0 Å². The molecule has 0 fully saturated rings. The van der Waals surface area contributed by atoms with Crippen LogP contribution in [-0.2, 0) is 0 Å². The van der Waals surface area contributed by atoms with Gasteiger partial charge in [-0.15, -0.1) is 11.6 Å². The van der Waals surface area contributed by atoms with Gasteiger partial charge in [0.25, 0.3) is 0 Å². The van der Waals surface area contributed by atoms with Crippen molar-refractivity contribution in [1.82, 2.24) is 0 Å². The topological polar surface area (TPSA) is 9.23 Å². The summed E-state index contributed by atoms with van der Waals surface area (Å²) in [5.74, 6) is 1.43. The summed E-state index contributed by atoms with van der Waals surface area (Å²) in [5.41, 5.74) is 0.955. The molecule has 1 rings (SSSR count). The number of allylic oxidation sites excluding steroid dienone is 1. The zero-order valence-corrected chi connectivity index (χ0v) is 9.48. The van der Waals surface area contributed by atoms with Crippen molar-refractivity contribution in [2.75, 3.05) is 13.0 Å². The van der Waals surface area contributed by atoms with Crippen molar-refractivity contribution >= 4 is 29.3 Å². The second kappa shape index (κ2) is 5.94. The van der Waals surface area contributed by atoms with E-state index in [4.69, 9.17) is 27.9 Å². The number of hydrogen-bond acceptors (Lipinski definition) is 1. The Balaban J connectivity index is 2.83. The molecule has 0 heterocycles. The molecule has 14 heavy (non-hydrogen) atoms. The molecule has 0 aliphatic rings. The van der Waals surface area contributed by atoms with Crippen LogP contribution in [0.4, 0.5) is 0 Å². The zero-order valence-electron chi connectivity index (χ0n) is 7.97. The fourth-order valence-electron chi connectivity index (χ4n) is 1.05. The molecule has 0 saturated carbocycles. The second-order valence-corrected chi connectivity index (χ2v) is 3.55. The highest BCUT2D eigenvalue weighted by Gasteiger charge is 1.98. The van der Waals surface area contributed by atoms with Gasteiger partial charge in [0.05, 0.1) is 7.11 Å². The summed E-state index contributed by atoms with van der Waals surface area (Å²) < 4.78 is 5.10. The van der Waals surface area contributed by atoms with Gasteiger partial charge in [0.15, 0.2) is 0 Å². The van der Waals surface area contributed by atoms with Crippen molar-refractivity contribution in [3.05, 3.63) is 34.9 Å². The van der Waals surface area contributed by atoms with Crippen molar-refractivity contribution in [3.8, 4) is 5.75 Å². The number of alkyl halides is 1. The van der Waals surface area contributed by atoms with Crippen molar-refractivity contribution in [2.45, 2.75) is 6.42 Å². The Labute approximate surface area is 94.3 Å². The number of hydrogen-bond donors (Lipinski definition) is 0. The number of halogens is 2. The lowest BCUT2D eigenvalue weighted by atomic mass is 10.2. The Morgan fingerprint density at radius 2 is 2.21 bits per heavy atom. The fraction of sp³-hybridized carbons (Fsp3) is 0.273. The molecule has 0 aliphatic heterocycles. The minimum Gasteiger partial charge on any atom is -0.497 e. The normalized spacial score (nSPS) is 10.8. The molecule has 1 aromatic carbocycles. The van der Waals surface area contributed by atoms with Crippen LogP contribution in [0.3, 0.4) is 0 Å². The quantitative estimate of drug-likeness (QED) is 0.712. The monoisotopic (exact) mass is 230 g/mol. The third-order valence-corrected chi connectivity index (χ3v) is 2.34. The van der Waals surface area contributed by atoms with Crippen molar-refractivity contribution in [3.63, 3.8) is 0 Å². The molecule has 1 aromatic rings. The zero-order chi connectivity index (χ0) is 10.4. The molecule has 0 saturated heterocycles. The van der Waals surface area contributed by atoms with Crippen LogP contribution < -0.4 is 4.74 Å². The lowest BCUT2D eigenvalue weighted by Crippen LogP contribution is -1.83. The first-order valence-electron chi connectivity index (χ1n) is 4.34. The summed E-state index contributed by atoms with van der Waals surface area (Å²) >= 11 is 11.5. The van der Waals surface area contributed by atoms with E-state index >= 15 is 0 Å². The maximum atomic E-state index is 5.99. The van der Waals surface area contributed by atoms with Crippen LogP contribution in [0.5, 0.6) is 5.75 Å². The van der Waals surface area contributed by atoms with E-state index in [-0.39, 0.29) is 0 Å². The van der Waals surface area contributed by atoms with E-state index in [0.717, 1.165) is 22.8 Å². The third kappa shape index (κ3) is 3.24. The van der Waals surface area contributed by atoms with E-state index in [1.807, 2.05) is 30.4 Å². The second-order valence-electron chi connectivity index (χ2n) is 2.77. The van der Waals surface area contributed by atoms with Crippen LogP contribution >= 0.6 is 23.2 Å². The van der Waals surface area contributed by atoms with E-state index in [0.29, 0.717) is 5.88 Å². The average molecular weight is 231 g/mol. The maximum Gasteiger partial charge on any atom is 0.119 e. The van der Waals surface area contributed by atoms with Gasteiger partial charge < -0.3 is 4.74 Å². The van der Waals surface area contributed by atoms with E-state index in [2.05, 4.69) is 0 Å². The average Bonchev–Trinajstić information content (AvgIpc) is 2.21. The van der Waals surface area contributed by atoms with Gasteiger partial charge in [-0.25, -0.2) is 0 Å². The number of benzene rings is 1. The van der Waals surface area contributed by atoms with E-state index in [9.17, 15) is 0 Å². The Kier molecular flexibility index (Phi) is 4.85. The van der Waals surface area contributed by atoms with Gasteiger partial charge in [-0.3, -0.25) is 0 Å². The molecule has 0 N–H and O–H groups in total. The largest absolute Gasteiger partial charge is 0.497 e. The SMILES string of the molecule is COc1ccc(Cl)c(C=CCCCl)c1. The van der Waals surface area contributed by atoms with Crippen LogP contribution in [-0.4, -0.2) is 13.0 Å². The lowest BCUT2D eigenvalue weighted by molar-refractivity contribution is 0.414. The Hall–Kier alpha value is -0.660. The summed E-state index contributed by atoms with van der Waals surface area (Å²) in [6.45, 7) is 0. The summed E-state index contributed by atoms with van der Waals surface area (Å²) in [7, 11) is 1.63. The van der Waals surface area contributed by atoms with Crippen LogP contribution in [0.2, 0.25) is 5.02 Å². The van der Waals surface area contributed by atoms with Crippen LogP contribution in [0.1, 0.15) is 12.0 Å². The molecule has 0 atom stereocenters. The minimum atomic E-state index is 0.623. The van der Waals surface area contributed by atoms with E-state index < -0.39 is 0 Å². The van der Waals surface area contributed by atoms with E-state index in [1.165, 1.54) is 0 Å². The standard InChI is InChI=1S/C11H12Cl2O/c1-14-10-5-6-11(13)9(8-10)4-2-3-7-12/h2,4-6,8H,3,7H2,1H3.